The number of methoxy groups -OCH3 is 2. The predicted octanol–water partition coefficient (Wildman–Crippen LogP) is 2.40. The molecule has 1 fully saturated rings. The van der Waals surface area contributed by atoms with Crippen LogP contribution in [0.5, 0.6) is 11.5 Å². The highest BCUT2D eigenvalue weighted by Crippen LogP contribution is 2.35. The molecule has 1 saturated heterocycles. The normalized spacial score (nSPS) is 15.0. The van der Waals surface area contributed by atoms with Gasteiger partial charge in [0.1, 0.15) is 5.56 Å². The Morgan fingerprint density at radius 3 is 2.45 bits per heavy atom. The van der Waals surface area contributed by atoms with Gasteiger partial charge in [0.15, 0.2) is 11.5 Å². The summed E-state index contributed by atoms with van der Waals surface area (Å²) in [5.41, 5.74) is 0.0612. The van der Waals surface area contributed by atoms with Gasteiger partial charge in [-0.15, -0.1) is 0 Å². The molecule has 1 heterocycles. The molecule has 11 heteroatoms. The van der Waals surface area contributed by atoms with E-state index < -0.39 is 26.5 Å². The maximum atomic E-state index is 12.7. The van der Waals surface area contributed by atoms with Crippen molar-refractivity contribution in [2.24, 2.45) is 0 Å². The third-order valence-electron chi connectivity index (χ3n) is 4.43. The number of carbonyl (C=O) groups excluding carboxylic acids is 1. The van der Waals surface area contributed by atoms with Crippen LogP contribution >= 0.6 is 0 Å². The number of ether oxygens (including phenoxy) is 2. The van der Waals surface area contributed by atoms with Crippen molar-refractivity contribution in [2.45, 2.75) is 6.42 Å². The highest BCUT2D eigenvalue weighted by atomic mass is 32.2. The van der Waals surface area contributed by atoms with Crippen molar-refractivity contribution < 1.29 is 27.6 Å². The molecule has 0 atom stereocenters. The van der Waals surface area contributed by atoms with Gasteiger partial charge >= 0.3 is 0 Å². The second-order valence-corrected chi connectivity index (χ2v) is 8.24. The number of nitrogens with one attached hydrogen (secondary N) is 1. The van der Waals surface area contributed by atoms with Gasteiger partial charge < -0.3 is 14.8 Å². The maximum Gasteiger partial charge on any atom is 0.286 e. The van der Waals surface area contributed by atoms with E-state index in [-0.39, 0.29) is 22.8 Å². The third kappa shape index (κ3) is 4.09. The van der Waals surface area contributed by atoms with E-state index in [4.69, 9.17) is 9.47 Å². The number of nitro benzene ring substituents is 1. The van der Waals surface area contributed by atoms with Crippen LogP contribution in [0.15, 0.2) is 36.4 Å². The smallest absolute Gasteiger partial charge is 0.286 e. The number of nitro groups is 1. The van der Waals surface area contributed by atoms with Gasteiger partial charge in [0.25, 0.3) is 11.6 Å². The Morgan fingerprint density at radius 1 is 1.17 bits per heavy atom. The Hall–Kier alpha value is -3.34. The molecular formula is C18H19N3O7S. The molecule has 2 aromatic carbocycles. The summed E-state index contributed by atoms with van der Waals surface area (Å²) in [5, 5.41) is 14.0. The molecule has 1 aliphatic heterocycles. The zero-order chi connectivity index (χ0) is 21.2. The molecule has 1 N–H and O–H groups in total. The van der Waals surface area contributed by atoms with Gasteiger partial charge in [0, 0.05) is 18.3 Å². The van der Waals surface area contributed by atoms with E-state index in [9.17, 15) is 23.3 Å². The Balaban J connectivity index is 1.93. The molecule has 0 radical (unpaired) electrons. The summed E-state index contributed by atoms with van der Waals surface area (Å²) in [6.07, 6.45) is 0.525. The minimum absolute atomic E-state index is 0.0709. The van der Waals surface area contributed by atoms with Crippen LogP contribution in [0.3, 0.4) is 0 Å². The SMILES string of the molecule is COc1cc(C(=O)Nc2cccc(N3CCCS3(=O)=O)c2)c([N+](=O)[O-])cc1OC. The van der Waals surface area contributed by atoms with Crippen LogP contribution in [-0.4, -0.2) is 45.8 Å². The average molecular weight is 421 g/mol. The highest BCUT2D eigenvalue weighted by Gasteiger charge is 2.29. The van der Waals surface area contributed by atoms with Gasteiger partial charge in [0.2, 0.25) is 10.0 Å². The molecule has 3 rings (SSSR count). The number of rotatable bonds is 6. The minimum Gasteiger partial charge on any atom is -0.493 e. The second-order valence-electron chi connectivity index (χ2n) is 6.23. The van der Waals surface area contributed by atoms with E-state index in [1.807, 2.05) is 0 Å². The Labute approximate surface area is 167 Å². The van der Waals surface area contributed by atoms with E-state index in [2.05, 4.69) is 5.32 Å². The number of hydrogen-bond acceptors (Lipinski definition) is 7. The fourth-order valence-electron chi connectivity index (χ4n) is 3.07. The van der Waals surface area contributed by atoms with Crippen LogP contribution in [0.2, 0.25) is 0 Å². The Morgan fingerprint density at radius 2 is 1.86 bits per heavy atom. The lowest BCUT2D eigenvalue weighted by Crippen LogP contribution is -2.25. The molecule has 1 aliphatic rings. The minimum atomic E-state index is -3.37. The van der Waals surface area contributed by atoms with Gasteiger partial charge in [0.05, 0.1) is 36.6 Å². The van der Waals surface area contributed by atoms with E-state index in [0.717, 1.165) is 6.07 Å². The van der Waals surface area contributed by atoms with Crippen LogP contribution in [0.25, 0.3) is 0 Å². The first-order chi connectivity index (χ1) is 13.8. The molecule has 0 unspecified atom stereocenters. The number of anilines is 2. The van der Waals surface area contributed by atoms with Crippen molar-refractivity contribution in [3.63, 3.8) is 0 Å². The lowest BCUT2D eigenvalue weighted by molar-refractivity contribution is -0.385. The first-order valence-corrected chi connectivity index (χ1v) is 10.2. The summed E-state index contributed by atoms with van der Waals surface area (Å²) >= 11 is 0. The second kappa shape index (κ2) is 7.95. The van der Waals surface area contributed by atoms with Crippen molar-refractivity contribution >= 4 is 33.0 Å². The van der Waals surface area contributed by atoms with E-state index in [1.165, 1.54) is 30.7 Å². The highest BCUT2D eigenvalue weighted by molar-refractivity contribution is 7.93. The zero-order valence-corrected chi connectivity index (χ0v) is 16.6. The molecule has 1 amide bonds. The Bertz CT molecular complexity index is 1070. The predicted molar refractivity (Wildman–Crippen MR) is 106 cm³/mol. The fraction of sp³-hybridized carbons (Fsp3) is 0.278. The van der Waals surface area contributed by atoms with E-state index >= 15 is 0 Å². The van der Waals surface area contributed by atoms with Crippen LogP contribution in [0, 0.1) is 10.1 Å². The lowest BCUT2D eigenvalue weighted by atomic mass is 10.1. The maximum absolute atomic E-state index is 12.7. The monoisotopic (exact) mass is 421 g/mol. The number of benzene rings is 2. The summed E-state index contributed by atoms with van der Waals surface area (Å²) in [4.78, 5) is 23.4. The molecule has 154 valence electrons. The van der Waals surface area contributed by atoms with Gasteiger partial charge in [-0.3, -0.25) is 19.2 Å². The summed E-state index contributed by atoms with van der Waals surface area (Å²) in [6.45, 7) is 0.362. The first kappa shape index (κ1) is 20.4. The van der Waals surface area contributed by atoms with Crippen LogP contribution in [0.1, 0.15) is 16.8 Å². The summed E-state index contributed by atoms with van der Waals surface area (Å²) in [6, 6.07) is 8.63. The largest absolute Gasteiger partial charge is 0.493 e. The summed E-state index contributed by atoms with van der Waals surface area (Å²) in [7, 11) is -0.686. The van der Waals surface area contributed by atoms with Crippen molar-refractivity contribution in [1.82, 2.24) is 0 Å². The topological polar surface area (TPSA) is 128 Å². The molecule has 29 heavy (non-hydrogen) atoms. The summed E-state index contributed by atoms with van der Waals surface area (Å²) < 4.78 is 35.7. The number of sulfonamides is 1. The van der Waals surface area contributed by atoms with Crippen LogP contribution in [-0.2, 0) is 10.0 Å². The number of amides is 1. The van der Waals surface area contributed by atoms with Gasteiger partial charge in [-0.2, -0.15) is 0 Å². The molecule has 0 spiro atoms. The molecule has 0 saturated carbocycles. The quantitative estimate of drug-likeness (QED) is 0.560. The van der Waals surface area contributed by atoms with E-state index in [0.29, 0.717) is 24.3 Å². The fourth-order valence-corrected chi connectivity index (χ4v) is 4.62. The first-order valence-electron chi connectivity index (χ1n) is 8.59. The van der Waals surface area contributed by atoms with Gasteiger partial charge in [-0.25, -0.2) is 8.42 Å². The zero-order valence-electron chi connectivity index (χ0n) is 15.7. The van der Waals surface area contributed by atoms with Gasteiger partial charge in [-0.1, -0.05) is 6.07 Å². The van der Waals surface area contributed by atoms with Crippen LogP contribution in [0.4, 0.5) is 17.1 Å². The van der Waals surface area contributed by atoms with Crippen molar-refractivity contribution in [3.05, 3.63) is 52.1 Å². The third-order valence-corrected chi connectivity index (χ3v) is 6.30. The molecule has 10 nitrogen and oxygen atoms in total. The van der Waals surface area contributed by atoms with Crippen molar-refractivity contribution in [1.29, 1.82) is 0 Å². The molecule has 0 bridgehead atoms. The lowest BCUT2D eigenvalue weighted by Gasteiger charge is -2.18. The number of carbonyl (C=O) groups is 1. The number of hydrogen-bond donors (Lipinski definition) is 1. The number of nitrogens with zero attached hydrogens (tertiary/aromatic N) is 2. The van der Waals surface area contributed by atoms with Gasteiger partial charge in [-0.05, 0) is 24.6 Å². The Kier molecular flexibility index (Phi) is 5.59. The molecule has 0 aliphatic carbocycles. The average Bonchev–Trinajstić information content (AvgIpc) is 3.05. The van der Waals surface area contributed by atoms with Crippen LogP contribution < -0.4 is 19.1 Å². The van der Waals surface area contributed by atoms with E-state index in [1.54, 1.807) is 18.2 Å². The van der Waals surface area contributed by atoms with Crippen molar-refractivity contribution in [3.8, 4) is 11.5 Å². The standard InChI is InChI=1S/C18H19N3O7S/c1-27-16-10-14(15(21(23)24)11-17(16)28-2)18(22)19-12-5-3-6-13(9-12)20-7-4-8-29(20,25)26/h3,5-6,9-11H,4,7-8H2,1-2H3,(H,19,22). The van der Waals surface area contributed by atoms with Crippen molar-refractivity contribution in [2.75, 3.05) is 36.1 Å². The summed E-state index contributed by atoms with van der Waals surface area (Å²) in [5.74, 6) is -0.377. The molecule has 2 aromatic rings. The molecular weight excluding hydrogens is 402 g/mol. The molecule has 0 aromatic heterocycles.